The molecule has 3 rings (SSSR count). The van der Waals surface area contributed by atoms with Gasteiger partial charge in [0.25, 0.3) is 0 Å². The van der Waals surface area contributed by atoms with E-state index in [9.17, 15) is 23.7 Å². The first kappa shape index (κ1) is 18.9. The first-order valence-electron chi connectivity index (χ1n) is 8.54. The molecule has 0 bridgehead atoms. The van der Waals surface area contributed by atoms with Crippen LogP contribution in [0.1, 0.15) is 12.0 Å². The van der Waals surface area contributed by atoms with Gasteiger partial charge in [-0.15, -0.1) is 0 Å². The Morgan fingerprint density at radius 2 is 1.96 bits per heavy atom. The van der Waals surface area contributed by atoms with Crippen molar-refractivity contribution in [1.82, 2.24) is 19.6 Å². The van der Waals surface area contributed by atoms with Crippen molar-refractivity contribution < 1.29 is 18.5 Å². The van der Waals surface area contributed by atoms with Crippen LogP contribution in [0.4, 0.5) is 14.5 Å². The highest BCUT2D eigenvalue weighted by atomic mass is 19.2. The van der Waals surface area contributed by atoms with E-state index >= 15 is 0 Å². The van der Waals surface area contributed by atoms with Crippen molar-refractivity contribution >= 4 is 11.6 Å². The zero-order valence-corrected chi connectivity index (χ0v) is 14.6. The topological polar surface area (TPSA) is 84.5 Å². The number of nitro groups is 1. The first-order valence-corrected chi connectivity index (χ1v) is 8.54. The van der Waals surface area contributed by atoms with Gasteiger partial charge in [0.1, 0.15) is 12.4 Å². The van der Waals surface area contributed by atoms with Crippen LogP contribution in [0.25, 0.3) is 0 Å². The van der Waals surface area contributed by atoms with Crippen LogP contribution in [0.2, 0.25) is 0 Å². The summed E-state index contributed by atoms with van der Waals surface area (Å²) in [6.45, 7) is 2.68. The van der Waals surface area contributed by atoms with E-state index < -0.39 is 16.6 Å². The van der Waals surface area contributed by atoms with E-state index in [0.29, 0.717) is 38.3 Å². The predicted molar refractivity (Wildman–Crippen MR) is 91.7 cm³/mol. The summed E-state index contributed by atoms with van der Waals surface area (Å²) >= 11 is 0. The molecule has 1 aromatic heterocycles. The summed E-state index contributed by atoms with van der Waals surface area (Å²) in [5, 5.41) is 14.5. The second-order valence-corrected chi connectivity index (χ2v) is 6.34. The molecule has 0 radical (unpaired) electrons. The van der Waals surface area contributed by atoms with Gasteiger partial charge < -0.3 is 4.90 Å². The van der Waals surface area contributed by atoms with Crippen molar-refractivity contribution in [1.29, 1.82) is 0 Å². The lowest BCUT2D eigenvalue weighted by Crippen LogP contribution is -2.48. The van der Waals surface area contributed by atoms with Crippen LogP contribution in [0.3, 0.4) is 0 Å². The van der Waals surface area contributed by atoms with Crippen molar-refractivity contribution in [3.05, 3.63) is 57.9 Å². The van der Waals surface area contributed by atoms with Crippen molar-refractivity contribution in [2.24, 2.45) is 0 Å². The monoisotopic (exact) mass is 379 g/mol. The molecule has 0 saturated carbocycles. The summed E-state index contributed by atoms with van der Waals surface area (Å²) in [6, 6.07) is 4.12. The van der Waals surface area contributed by atoms with Crippen LogP contribution in [0, 0.1) is 21.7 Å². The minimum absolute atomic E-state index is 0.0651. The number of carbonyl (C=O) groups excluding carboxylic acids is 1. The Bertz CT molecular complexity index is 834. The Kier molecular flexibility index (Phi) is 5.75. The molecule has 1 saturated heterocycles. The predicted octanol–water partition coefficient (Wildman–Crippen LogP) is 1.80. The summed E-state index contributed by atoms with van der Waals surface area (Å²) < 4.78 is 28.4. The lowest BCUT2D eigenvalue weighted by Gasteiger charge is -2.34. The summed E-state index contributed by atoms with van der Waals surface area (Å²) in [5.41, 5.74) is 0.190. The van der Waals surface area contributed by atoms with Gasteiger partial charge in [-0.3, -0.25) is 24.5 Å². The maximum Gasteiger partial charge on any atom is 0.306 e. The summed E-state index contributed by atoms with van der Waals surface area (Å²) in [4.78, 5) is 26.1. The normalized spacial score (nSPS) is 15.1. The van der Waals surface area contributed by atoms with Crippen LogP contribution in [-0.2, 0) is 17.9 Å². The SMILES string of the molecule is O=C(CCn1cc([N+](=O)[O-])cn1)N1CCN(Cc2cccc(F)c2F)CC1. The maximum absolute atomic E-state index is 13.8. The van der Waals surface area contributed by atoms with Gasteiger partial charge >= 0.3 is 5.69 Å². The summed E-state index contributed by atoms with van der Waals surface area (Å²) in [6.07, 6.45) is 2.63. The van der Waals surface area contributed by atoms with E-state index in [-0.39, 0.29) is 24.6 Å². The quantitative estimate of drug-likeness (QED) is 0.565. The highest BCUT2D eigenvalue weighted by molar-refractivity contribution is 5.76. The van der Waals surface area contributed by atoms with Crippen LogP contribution < -0.4 is 0 Å². The van der Waals surface area contributed by atoms with E-state index in [1.807, 2.05) is 4.90 Å². The van der Waals surface area contributed by atoms with Crippen LogP contribution in [0.15, 0.2) is 30.6 Å². The molecule has 10 heteroatoms. The average Bonchev–Trinajstić information content (AvgIpc) is 3.13. The van der Waals surface area contributed by atoms with Crippen LogP contribution in [0.5, 0.6) is 0 Å². The number of nitrogens with zero attached hydrogens (tertiary/aromatic N) is 5. The molecule has 8 nitrogen and oxygen atoms in total. The Morgan fingerprint density at radius 1 is 1.22 bits per heavy atom. The standard InChI is InChI=1S/C17H19F2N5O3/c18-15-3-1-2-13(17(15)19)11-21-6-8-22(9-7-21)16(25)4-5-23-12-14(10-20-23)24(26)27/h1-3,10,12H,4-9,11H2. The van der Waals surface area contributed by atoms with E-state index in [2.05, 4.69) is 5.10 Å². The number of carbonyl (C=O) groups is 1. The molecule has 1 aromatic carbocycles. The fraction of sp³-hybridized carbons (Fsp3) is 0.412. The largest absolute Gasteiger partial charge is 0.340 e. The molecule has 2 aromatic rings. The smallest absolute Gasteiger partial charge is 0.306 e. The van der Waals surface area contributed by atoms with Crippen LogP contribution >= 0.6 is 0 Å². The minimum atomic E-state index is -0.861. The van der Waals surface area contributed by atoms with Gasteiger partial charge in [0.05, 0.1) is 4.92 Å². The number of halogens is 2. The maximum atomic E-state index is 13.8. The number of rotatable bonds is 6. The fourth-order valence-electron chi connectivity index (χ4n) is 3.00. The van der Waals surface area contributed by atoms with Crippen molar-refractivity contribution in [3.63, 3.8) is 0 Å². The fourth-order valence-corrected chi connectivity index (χ4v) is 3.00. The number of benzene rings is 1. The van der Waals surface area contributed by atoms with Gasteiger partial charge in [-0.2, -0.15) is 5.10 Å². The Morgan fingerprint density at radius 3 is 2.63 bits per heavy atom. The second kappa shape index (κ2) is 8.21. The molecule has 0 spiro atoms. The van der Waals surface area contributed by atoms with E-state index in [4.69, 9.17) is 0 Å². The summed E-state index contributed by atoms with van der Waals surface area (Å²) in [5.74, 6) is -1.76. The Hall–Kier alpha value is -2.88. The molecule has 2 heterocycles. The van der Waals surface area contributed by atoms with Gasteiger partial charge in [0, 0.05) is 51.3 Å². The zero-order chi connectivity index (χ0) is 19.4. The van der Waals surface area contributed by atoms with Crippen molar-refractivity contribution in [2.45, 2.75) is 19.5 Å². The van der Waals surface area contributed by atoms with E-state index in [0.717, 1.165) is 12.3 Å². The molecule has 1 amide bonds. The molecule has 1 aliphatic heterocycles. The zero-order valence-electron chi connectivity index (χ0n) is 14.6. The molecule has 27 heavy (non-hydrogen) atoms. The van der Waals surface area contributed by atoms with Gasteiger partial charge in [0.15, 0.2) is 11.6 Å². The molecule has 0 unspecified atom stereocenters. The number of aromatic nitrogens is 2. The molecule has 0 atom stereocenters. The van der Waals surface area contributed by atoms with Crippen molar-refractivity contribution in [3.8, 4) is 0 Å². The molecule has 144 valence electrons. The van der Waals surface area contributed by atoms with Gasteiger partial charge in [0.2, 0.25) is 5.91 Å². The third-order valence-corrected chi connectivity index (χ3v) is 4.54. The molecule has 1 aliphatic rings. The van der Waals surface area contributed by atoms with Gasteiger partial charge in [-0.05, 0) is 6.07 Å². The van der Waals surface area contributed by atoms with Crippen LogP contribution in [-0.4, -0.2) is 56.6 Å². The Balaban J connectivity index is 1.46. The molecule has 0 N–H and O–H groups in total. The molecular weight excluding hydrogens is 360 g/mol. The third kappa shape index (κ3) is 4.64. The first-order chi connectivity index (χ1) is 12.9. The lowest BCUT2D eigenvalue weighted by atomic mass is 10.1. The lowest BCUT2D eigenvalue weighted by molar-refractivity contribution is -0.385. The van der Waals surface area contributed by atoms with E-state index in [1.54, 1.807) is 11.0 Å². The van der Waals surface area contributed by atoms with E-state index in [1.165, 1.54) is 16.9 Å². The number of hydrogen-bond donors (Lipinski definition) is 0. The average molecular weight is 379 g/mol. The third-order valence-electron chi connectivity index (χ3n) is 4.54. The van der Waals surface area contributed by atoms with Gasteiger partial charge in [-0.1, -0.05) is 12.1 Å². The second-order valence-electron chi connectivity index (χ2n) is 6.34. The highest BCUT2D eigenvalue weighted by Gasteiger charge is 2.22. The number of aryl methyl sites for hydroxylation is 1. The number of hydrogen-bond acceptors (Lipinski definition) is 5. The van der Waals surface area contributed by atoms with Gasteiger partial charge in [-0.25, -0.2) is 8.78 Å². The molecular formula is C17H19F2N5O3. The number of amides is 1. The summed E-state index contributed by atoms with van der Waals surface area (Å²) in [7, 11) is 0. The number of piperazine rings is 1. The molecule has 1 fully saturated rings. The minimum Gasteiger partial charge on any atom is -0.340 e. The highest BCUT2D eigenvalue weighted by Crippen LogP contribution is 2.15. The Labute approximate surface area is 154 Å². The molecule has 0 aliphatic carbocycles. The van der Waals surface area contributed by atoms with Crippen molar-refractivity contribution in [2.75, 3.05) is 26.2 Å².